The van der Waals surface area contributed by atoms with Crippen LogP contribution in [0.3, 0.4) is 0 Å². The molecule has 0 spiro atoms. The number of rotatable bonds is 4. The monoisotopic (exact) mass is 521 g/mol. The Bertz CT molecular complexity index is 1710. The number of carboxylic acid groups (broad SMARTS) is 1. The largest absolute Gasteiger partial charge is 0.478 e. The lowest BCUT2D eigenvalue weighted by molar-refractivity contribution is -0.145. The molecule has 6 rings (SSSR count). The van der Waals surface area contributed by atoms with E-state index in [-0.39, 0.29) is 17.6 Å². The van der Waals surface area contributed by atoms with Crippen LogP contribution in [0.5, 0.6) is 0 Å². The molecule has 38 heavy (non-hydrogen) atoms. The number of hydrazine groups is 1. The van der Waals surface area contributed by atoms with E-state index in [0.29, 0.717) is 46.6 Å². The molecule has 12 heteroatoms. The Balaban J connectivity index is 1.59. The average molecular weight is 522 g/mol. The first-order valence-electron chi connectivity index (χ1n) is 12.1. The van der Waals surface area contributed by atoms with Gasteiger partial charge in [-0.3, -0.25) is 19.2 Å². The van der Waals surface area contributed by atoms with Gasteiger partial charge in [-0.1, -0.05) is 0 Å². The molecule has 4 aromatic rings. The Morgan fingerprint density at radius 3 is 2.58 bits per heavy atom. The van der Waals surface area contributed by atoms with Crippen LogP contribution in [-0.4, -0.2) is 43.1 Å². The summed E-state index contributed by atoms with van der Waals surface area (Å²) in [5.74, 6) is -2.36. The number of nitrogens with zero attached hydrogens (tertiary/aromatic N) is 5. The number of carbonyl (C=O) groups is 1. The molecule has 0 saturated carbocycles. The van der Waals surface area contributed by atoms with Crippen LogP contribution in [0, 0.1) is 25.5 Å². The highest BCUT2D eigenvalue weighted by atomic mass is 19.1. The van der Waals surface area contributed by atoms with Crippen molar-refractivity contribution in [3.8, 4) is 5.69 Å². The Hall–Kier alpha value is -4.45. The predicted molar refractivity (Wildman–Crippen MR) is 136 cm³/mol. The number of imidazole rings is 1. The van der Waals surface area contributed by atoms with Gasteiger partial charge in [0.2, 0.25) is 0 Å². The van der Waals surface area contributed by atoms with Crippen molar-refractivity contribution in [2.45, 2.75) is 25.9 Å². The first kappa shape index (κ1) is 23.9. The second-order valence-electron chi connectivity index (χ2n) is 9.62. The maximum atomic E-state index is 15.5. The van der Waals surface area contributed by atoms with E-state index in [1.165, 1.54) is 46.5 Å². The van der Waals surface area contributed by atoms with Crippen molar-refractivity contribution in [1.29, 1.82) is 0 Å². The summed E-state index contributed by atoms with van der Waals surface area (Å²) in [5.41, 5.74) is 3.07. The van der Waals surface area contributed by atoms with E-state index in [4.69, 9.17) is 0 Å². The Kier molecular flexibility index (Phi) is 5.21. The molecular formula is C26H25F2N7O3. The molecule has 2 aliphatic rings. The van der Waals surface area contributed by atoms with Gasteiger partial charge in [-0.2, -0.15) is 5.10 Å². The number of hydrogen-bond donors (Lipinski definition) is 3. The third kappa shape index (κ3) is 3.09. The summed E-state index contributed by atoms with van der Waals surface area (Å²) in [6.45, 7) is 4.01. The molecule has 2 aliphatic heterocycles. The highest BCUT2D eigenvalue weighted by Gasteiger charge is 2.57. The number of aromatic nitrogens is 4. The van der Waals surface area contributed by atoms with Gasteiger partial charge in [0, 0.05) is 50.2 Å². The van der Waals surface area contributed by atoms with Crippen LogP contribution in [-0.2, 0) is 17.5 Å². The van der Waals surface area contributed by atoms with Crippen LogP contribution >= 0.6 is 0 Å². The van der Waals surface area contributed by atoms with Crippen LogP contribution in [0.25, 0.3) is 16.6 Å². The van der Waals surface area contributed by atoms with Gasteiger partial charge in [0.1, 0.15) is 5.82 Å². The summed E-state index contributed by atoms with van der Waals surface area (Å²) in [6, 6.07) is 6.19. The maximum Gasteiger partial charge on any atom is 0.357 e. The van der Waals surface area contributed by atoms with Crippen molar-refractivity contribution < 1.29 is 18.7 Å². The molecule has 0 radical (unpaired) electrons. The average Bonchev–Trinajstić information content (AvgIpc) is 3.56. The molecule has 0 amide bonds. The zero-order valence-electron chi connectivity index (χ0n) is 20.9. The molecule has 1 unspecified atom stereocenters. The maximum absolute atomic E-state index is 15.5. The highest BCUT2D eigenvalue weighted by molar-refractivity contribution is 5.87. The molecule has 1 atom stereocenters. The fourth-order valence-corrected chi connectivity index (χ4v) is 5.55. The fraction of sp³-hybridized carbons (Fsp3) is 0.269. The minimum atomic E-state index is -2.03. The lowest BCUT2D eigenvalue weighted by atomic mass is 9.94. The molecule has 4 heterocycles. The smallest absolute Gasteiger partial charge is 0.357 e. The highest BCUT2D eigenvalue weighted by Crippen LogP contribution is 2.42. The number of aryl methyl sites for hydroxylation is 3. The van der Waals surface area contributed by atoms with Crippen LogP contribution in [0.2, 0.25) is 0 Å². The van der Waals surface area contributed by atoms with E-state index >= 15 is 4.39 Å². The van der Waals surface area contributed by atoms with Crippen LogP contribution < -0.4 is 21.4 Å². The normalized spacial score (nSPS) is 19.2. The Morgan fingerprint density at radius 1 is 1.13 bits per heavy atom. The number of anilines is 1. The first-order chi connectivity index (χ1) is 18.2. The van der Waals surface area contributed by atoms with E-state index in [0.717, 1.165) is 9.13 Å². The SMILES string of the molecule is Cc1cc(N2NC3=C(CNCC3)C2(C(=O)O)n2ccn(-c3ccc4c(cnn4C)c3F)c2=O)cc(C)c1F. The minimum absolute atomic E-state index is 0.0308. The summed E-state index contributed by atoms with van der Waals surface area (Å²) in [6.07, 6.45) is 4.57. The zero-order valence-corrected chi connectivity index (χ0v) is 20.9. The van der Waals surface area contributed by atoms with E-state index < -0.39 is 29.0 Å². The fourth-order valence-electron chi connectivity index (χ4n) is 5.55. The van der Waals surface area contributed by atoms with E-state index in [1.807, 2.05) is 0 Å². The minimum Gasteiger partial charge on any atom is -0.478 e. The van der Waals surface area contributed by atoms with Crippen molar-refractivity contribution in [2.24, 2.45) is 7.05 Å². The van der Waals surface area contributed by atoms with Gasteiger partial charge >= 0.3 is 11.7 Å². The van der Waals surface area contributed by atoms with Crippen molar-refractivity contribution in [2.75, 3.05) is 18.1 Å². The number of aliphatic carboxylic acids is 1. The second kappa shape index (κ2) is 8.28. The van der Waals surface area contributed by atoms with Crippen molar-refractivity contribution >= 4 is 22.6 Å². The van der Waals surface area contributed by atoms with Gasteiger partial charge in [0.15, 0.2) is 5.82 Å². The summed E-state index contributed by atoms with van der Waals surface area (Å²) in [5, 5.41) is 19.7. The molecule has 3 N–H and O–H groups in total. The van der Waals surface area contributed by atoms with Gasteiger partial charge in [-0.05, 0) is 49.2 Å². The summed E-state index contributed by atoms with van der Waals surface area (Å²) < 4.78 is 33.7. The lowest BCUT2D eigenvalue weighted by Gasteiger charge is -2.38. The number of halogens is 2. The molecule has 10 nitrogen and oxygen atoms in total. The summed E-state index contributed by atoms with van der Waals surface area (Å²) >= 11 is 0. The lowest BCUT2D eigenvalue weighted by Crippen LogP contribution is -2.61. The van der Waals surface area contributed by atoms with Gasteiger partial charge in [0.25, 0.3) is 5.66 Å². The second-order valence-corrected chi connectivity index (χ2v) is 9.62. The first-order valence-corrected chi connectivity index (χ1v) is 12.1. The third-order valence-corrected chi connectivity index (χ3v) is 7.42. The number of benzene rings is 2. The van der Waals surface area contributed by atoms with E-state index in [1.54, 1.807) is 27.0 Å². The van der Waals surface area contributed by atoms with E-state index in [2.05, 4.69) is 15.8 Å². The quantitative estimate of drug-likeness (QED) is 0.379. The van der Waals surface area contributed by atoms with Gasteiger partial charge in [0.05, 0.1) is 28.5 Å². The molecule has 0 aliphatic carbocycles. The number of carboxylic acids is 1. The van der Waals surface area contributed by atoms with Crippen molar-refractivity contribution in [1.82, 2.24) is 29.7 Å². The predicted octanol–water partition coefficient (Wildman–Crippen LogP) is 2.43. The summed E-state index contributed by atoms with van der Waals surface area (Å²) in [7, 11) is 1.69. The van der Waals surface area contributed by atoms with Crippen LogP contribution in [0.4, 0.5) is 14.5 Å². The molecule has 2 aromatic heterocycles. The molecule has 196 valence electrons. The zero-order chi connectivity index (χ0) is 26.9. The van der Waals surface area contributed by atoms with Crippen LogP contribution in [0.15, 0.2) is 58.9 Å². The molecule has 2 aromatic carbocycles. The van der Waals surface area contributed by atoms with Crippen LogP contribution in [0.1, 0.15) is 17.5 Å². The standard InChI is InChI=1S/C26H25F2N7O3/c1-14-10-16(11-15(2)22(14)27)35-26(24(36)37,18-13-29-7-6-19(18)31-35)34-9-8-33(25(34)38)21-5-4-20-17(23(21)28)12-30-32(20)3/h4-5,8-12,29,31H,6-7,13H2,1-3H3,(H,36,37). The van der Waals surface area contributed by atoms with Gasteiger partial charge in [-0.15, -0.1) is 0 Å². The number of nitrogens with one attached hydrogen (secondary N) is 2. The number of hydrogen-bond acceptors (Lipinski definition) is 6. The van der Waals surface area contributed by atoms with Crippen molar-refractivity contribution in [3.63, 3.8) is 0 Å². The number of fused-ring (bicyclic) bond motifs is 1. The van der Waals surface area contributed by atoms with E-state index in [9.17, 15) is 19.1 Å². The molecule has 0 fully saturated rings. The molecular weight excluding hydrogens is 496 g/mol. The van der Waals surface area contributed by atoms with Crippen molar-refractivity contribution in [3.05, 3.63) is 87.4 Å². The topological polar surface area (TPSA) is 109 Å². The summed E-state index contributed by atoms with van der Waals surface area (Å²) in [4.78, 5) is 27.2. The van der Waals surface area contributed by atoms with Gasteiger partial charge in [-0.25, -0.2) is 23.4 Å². The van der Waals surface area contributed by atoms with Gasteiger partial charge < -0.3 is 10.4 Å². The molecule has 0 bridgehead atoms. The Labute approximate surface area is 215 Å². The third-order valence-electron chi connectivity index (χ3n) is 7.42. The Morgan fingerprint density at radius 2 is 1.87 bits per heavy atom. The molecule has 0 saturated heterocycles.